The molecule has 0 bridgehead atoms. The summed E-state index contributed by atoms with van der Waals surface area (Å²) in [5.41, 5.74) is 0.806. The first-order chi connectivity index (χ1) is 9.85. The maximum absolute atomic E-state index is 11.7. The highest BCUT2D eigenvalue weighted by molar-refractivity contribution is 7.91. The maximum atomic E-state index is 11.7. The lowest BCUT2D eigenvalue weighted by molar-refractivity contribution is 0.0696. The number of hydrogen-bond donors (Lipinski definition) is 3. The van der Waals surface area contributed by atoms with E-state index in [1.54, 1.807) is 12.1 Å². The second kappa shape index (κ2) is 6.13. The van der Waals surface area contributed by atoms with Crippen molar-refractivity contribution in [1.29, 1.82) is 0 Å². The minimum atomic E-state index is -3.03. The van der Waals surface area contributed by atoms with E-state index in [4.69, 9.17) is 5.11 Å². The van der Waals surface area contributed by atoms with Gasteiger partial charge in [-0.15, -0.1) is 0 Å². The number of carbonyl (C=O) groups is 2. The van der Waals surface area contributed by atoms with Gasteiger partial charge in [0.15, 0.2) is 9.84 Å². The van der Waals surface area contributed by atoms with E-state index in [0.29, 0.717) is 12.0 Å². The highest BCUT2D eigenvalue weighted by Gasteiger charge is 2.28. The number of rotatable bonds is 4. The van der Waals surface area contributed by atoms with Crippen LogP contribution in [0, 0.1) is 0 Å². The third-order valence-corrected chi connectivity index (χ3v) is 4.96. The summed E-state index contributed by atoms with van der Waals surface area (Å²) in [6, 6.07) is 5.42. The quantitative estimate of drug-likeness (QED) is 0.743. The van der Waals surface area contributed by atoms with E-state index in [1.807, 2.05) is 0 Å². The third kappa shape index (κ3) is 4.45. The van der Waals surface area contributed by atoms with Crippen LogP contribution in [-0.2, 0) is 16.4 Å². The zero-order valence-corrected chi connectivity index (χ0v) is 12.0. The molecule has 1 aliphatic rings. The normalized spacial score (nSPS) is 19.9. The summed E-state index contributed by atoms with van der Waals surface area (Å²) in [6.45, 7) is 0.173. The number of benzene rings is 1. The van der Waals surface area contributed by atoms with Crippen molar-refractivity contribution >= 4 is 21.8 Å². The predicted octanol–water partition coefficient (Wildman–Crippen LogP) is 0.371. The Kier molecular flexibility index (Phi) is 4.46. The van der Waals surface area contributed by atoms with Crippen molar-refractivity contribution in [3.05, 3.63) is 35.4 Å². The van der Waals surface area contributed by atoms with Gasteiger partial charge in [0.1, 0.15) is 0 Å². The summed E-state index contributed by atoms with van der Waals surface area (Å²) in [5, 5.41) is 14.0. The second-order valence-corrected chi connectivity index (χ2v) is 7.16. The Hall–Kier alpha value is -2.09. The number of carbonyl (C=O) groups excluding carboxylic acids is 1. The zero-order chi connectivity index (χ0) is 15.5. The van der Waals surface area contributed by atoms with Crippen LogP contribution in [0.15, 0.2) is 24.3 Å². The Balaban J connectivity index is 1.84. The average Bonchev–Trinajstić information content (AvgIpc) is 2.76. The molecule has 2 amide bonds. The second-order valence-electron chi connectivity index (χ2n) is 4.93. The highest BCUT2D eigenvalue weighted by Crippen LogP contribution is 2.11. The smallest absolute Gasteiger partial charge is 0.335 e. The third-order valence-electron chi connectivity index (χ3n) is 3.19. The van der Waals surface area contributed by atoms with Crippen molar-refractivity contribution in [3.63, 3.8) is 0 Å². The van der Waals surface area contributed by atoms with Crippen molar-refractivity contribution in [2.45, 2.75) is 19.0 Å². The SMILES string of the molecule is O=C(NCc1cccc(C(=O)O)c1)NC1CCS(=O)(=O)C1. The Morgan fingerprint density at radius 1 is 1.33 bits per heavy atom. The molecule has 1 aromatic carbocycles. The fraction of sp³-hybridized carbons (Fsp3) is 0.385. The molecule has 0 aliphatic carbocycles. The molecule has 21 heavy (non-hydrogen) atoms. The molecule has 3 N–H and O–H groups in total. The lowest BCUT2D eigenvalue weighted by atomic mass is 10.1. The zero-order valence-electron chi connectivity index (χ0n) is 11.2. The number of aromatic carboxylic acids is 1. The fourth-order valence-corrected chi connectivity index (χ4v) is 3.82. The largest absolute Gasteiger partial charge is 0.478 e. The molecule has 1 heterocycles. The van der Waals surface area contributed by atoms with E-state index >= 15 is 0 Å². The van der Waals surface area contributed by atoms with Crippen molar-refractivity contribution < 1.29 is 23.1 Å². The predicted molar refractivity (Wildman–Crippen MR) is 75.8 cm³/mol. The number of nitrogens with one attached hydrogen (secondary N) is 2. The van der Waals surface area contributed by atoms with Crippen LogP contribution in [0.5, 0.6) is 0 Å². The molecule has 1 aliphatic heterocycles. The molecular weight excluding hydrogens is 296 g/mol. The van der Waals surface area contributed by atoms with Crippen LogP contribution in [0.4, 0.5) is 4.79 Å². The minimum absolute atomic E-state index is 0.0328. The number of carboxylic acids is 1. The summed E-state index contributed by atoms with van der Waals surface area (Å²) < 4.78 is 22.6. The molecule has 114 valence electrons. The van der Waals surface area contributed by atoms with Gasteiger partial charge in [-0.1, -0.05) is 12.1 Å². The van der Waals surface area contributed by atoms with Gasteiger partial charge < -0.3 is 15.7 Å². The van der Waals surface area contributed by atoms with Crippen LogP contribution in [0.1, 0.15) is 22.3 Å². The van der Waals surface area contributed by atoms with Gasteiger partial charge in [-0.3, -0.25) is 0 Å². The van der Waals surface area contributed by atoms with Crippen LogP contribution in [0.2, 0.25) is 0 Å². The molecule has 0 saturated carbocycles. The van der Waals surface area contributed by atoms with Crippen molar-refractivity contribution in [3.8, 4) is 0 Å². The van der Waals surface area contributed by atoms with Gasteiger partial charge in [-0.25, -0.2) is 18.0 Å². The van der Waals surface area contributed by atoms with Gasteiger partial charge in [0, 0.05) is 12.6 Å². The Morgan fingerprint density at radius 2 is 2.10 bits per heavy atom. The molecular formula is C13H16N2O5S. The van der Waals surface area contributed by atoms with Crippen LogP contribution in [0.25, 0.3) is 0 Å². The molecule has 0 radical (unpaired) electrons. The fourth-order valence-electron chi connectivity index (χ4n) is 2.14. The van der Waals surface area contributed by atoms with Crippen LogP contribution in [-0.4, -0.2) is 43.1 Å². The average molecular weight is 312 g/mol. The first kappa shape index (κ1) is 15.3. The number of sulfone groups is 1. The molecule has 1 fully saturated rings. The van der Waals surface area contributed by atoms with Crippen LogP contribution < -0.4 is 10.6 Å². The van der Waals surface area contributed by atoms with E-state index in [0.717, 1.165) is 0 Å². The molecule has 1 unspecified atom stereocenters. The van der Waals surface area contributed by atoms with Crippen molar-refractivity contribution in [2.75, 3.05) is 11.5 Å². The van der Waals surface area contributed by atoms with E-state index in [1.165, 1.54) is 12.1 Å². The monoisotopic (exact) mass is 312 g/mol. The summed E-state index contributed by atoms with van der Waals surface area (Å²) >= 11 is 0. The Labute approximate surface area is 122 Å². The first-order valence-electron chi connectivity index (χ1n) is 6.43. The minimum Gasteiger partial charge on any atom is -0.478 e. The van der Waals surface area contributed by atoms with Crippen LogP contribution in [0.3, 0.4) is 0 Å². The summed E-state index contributed by atoms with van der Waals surface area (Å²) in [7, 11) is -3.03. The Bertz CT molecular complexity index is 656. The van der Waals surface area contributed by atoms with Crippen molar-refractivity contribution in [2.24, 2.45) is 0 Å². The number of carboxylic acid groups (broad SMARTS) is 1. The summed E-state index contributed by atoms with van der Waals surface area (Å²) in [5.74, 6) is -0.967. The van der Waals surface area contributed by atoms with Gasteiger partial charge in [0.25, 0.3) is 0 Å². The van der Waals surface area contributed by atoms with E-state index in [-0.39, 0.29) is 29.7 Å². The maximum Gasteiger partial charge on any atom is 0.335 e. The molecule has 0 aromatic heterocycles. The standard InChI is InChI=1S/C13H16N2O5S/c16-12(17)10-3-1-2-9(6-10)7-14-13(18)15-11-4-5-21(19,20)8-11/h1-3,6,11H,4-5,7-8H2,(H,16,17)(H2,14,15,18). The van der Waals surface area contributed by atoms with Gasteiger partial charge in [0.2, 0.25) is 0 Å². The van der Waals surface area contributed by atoms with E-state index in [9.17, 15) is 18.0 Å². The molecule has 2 rings (SSSR count). The molecule has 1 aromatic rings. The van der Waals surface area contributed by atoms with Gasteiger partial charge in [0.05, 0.1) is 17.1 Å². The molecule has 0 spiro atoms. The van der Waals surface area contributed by atoms with E-state index in [2.05, 4.69) is 10.6 Å². The van der Waals surface area contributed by atoms with Crippen LogP contribution >= 0.6 is 0 Å². The lowest BCUT2D eigenvalue weighted by Gasteiger charge is -2.12. The van der Waals surface area contributed by atoms with Crippen molar-refractivity contribution in [1.82, 2.24) is 10.6 Å². The molecule has 8 heteroatoms. The Morgan fingerprint density at radius 3 is 2.71 bits per heavy atom. The topological polar surface area (TPSA) is 113 Å². The van der Waals surface area contributed by atoms with Gasteiger partial charge in [-0.05, 0) is 24.1 Å². The summed E-state index contributed by atoms with van der Waals surface area (Å²) in [4.78, 5) is 22.5. The summed E-state index contributed by atoms with van der Waals surface area (Å²) in [6.07, 6.45) is 0.421. The highest BCUT2D eigenvalue weighted by atomic mass is 32.2. The molecule has 7 nitrogen and oxygen atoms in total. The van der Waals surface area contributed by atoms with Gasteiger partial charge >= 0.3 is 12.0 Å². The number of urea groups is 1. The lowest BCUT2D eigenvalue weighted by Crippen LogP contribution is -2.42. The van der Waals surface area contributed by atoms with Gasteiger partial charge in [-0.2, -0.15) is 0 Å². The number of hydrogen-bond acceptors (Lipinski definition) is 4. The number of amides is 2. The van der Waals surface area contributed by atoms with E-state index < -0.39 is 21.8 Å². The molecule has 1 saturated heterocycles. The first-order valence-corrected chi connectivity index (χ1v) is 8.25. The molecule has 1 atom stereocenters.